The van der Waals surface area contributed by atoms with Crippen LogP contribution in [0.25, 0.3) is 5.76 Å². The standard InChI is InChI=1S/C25H31FN4O9S/c1-29(2)8-11-16(26)10-6-9-7-12-18(30(3)4)21(33)15(24(27)36)23(35)25(12,37)22(34)13(9)19(31)14(10)20(32)17(11)28-40(5,38)39/h9,12,18,28,31-32,35,37H,6-8H2,1-5H3,(H2,27,36)/t9-,12-,18-,25-/m0/s1. The number of likely N-dealkylation sites (N-methyl/N-ethyl adjacent to an activating group) is 1. The Labute approximate surface area is 229 Å². The maximum Gasteiger partial charge on any atom is 0.255 e. The van der Waals surface area contributed by atoms with E-state index in [-0.39, 0.29) is 30.5 Å². The summed E-state index contributed by atoms with van der Waals surface area (Å²) in [5.74, 6) is -9.76. The van der Waals surface area contributed by atoms with Gasteiger partial charge in [-0.05, 0) is 47.0 Å². The van der Waals surface area contributed by atoms with Crippen molar-refractivity contribution in [2.45, 2.75) is 31.0 Å². The highest BCUT2D eigenvalue weighted by atomic mass is 32.2. The number of aliphatic hydroxyl groups is 3. The number of Topliss-reactive ketones (excluding diaryl/α,β-unsaturated/α-hetero) is 2. The number of carbonyl (C=O) groups excluding carboxylic acids is 3. The minimum atomic E-state index is -4.04. The molecule has 3 aliphatic rings. The van der Waals surface area contributed by atoms with Gasteiger partial charge in [-0.15, -0.1) is 0 Å². The van der Waals surface area contributed by atoms with Gasteiger partial charge in [0.2, 0.25) is 15.8 Å². The second kappa shape index (κ2) is 9.54. The van der Waals surface area contributed by atoms with Crippen molar-refractivity contribution in [3.8, 4) is 5.75 Å². The lowest BCUT2D eigenvalue weighted by Crippen LogP contribution is -2.65. The molecule has 0 bridgehead atoms. The number of phenols is 1. The predicted octanol–water partition coefficient (Wildman–Crippen LogP) is -0.464. The third-order valence-electron chi connectivity index (χ3n) is 7.68. The Morgan fingerprint density at radius 1 is 1.18 bits per heavy atom. The number of amides is 1. The number of hydrogen-bond donors (Lipinski definition) is 6. The first-order chi connectivity index (χ1) is 18.3. The van der Waals surface area contributed by atoms with Crippen LogP contribution in [0.3, 0.4) is 0 Å². The Hall–Kier alpha value is -3.53. The zero-order valence-electron chi connectivity index (χ0n) is 22.4. The van der Waals surface area contributed by atoms with E-state index in [1.54, 1.807) is 14.1 Å². The molecule has 4 rings (SSSR count). The number of halogens is 1. The van der Waals surface area contributed by atoms with Crippen LogP contribution in [0.5, 0.6) is 5.75 Å². The highest BCUT2D eigenvalue weighted by molar-refractivity contribution is 7.92. The van der Waals surface area contributed by atoms with Gasteiger partial charge < -0.3 is 31.1 Å². The highest BCUT2D eigenvalue weighted by Gasteiger charge is 2.64. The second-order valence-corrected chi connectivity index (χ2v) is 12.7. The number of fused-ring (bicyclic) bond motifs is 3. The summed E-state index contributed by atoms with van der Waals surface area (Å²) in [5, 5.41) is 44.9. The molecule has 1 amide bonds. The Bertz CT molecular complexity index is 1530. The van der Waals surface area contributed by atoms with E-state index in [1.165, 1.54) is 23.9 Å². The Kier molecular flexibility index (Phi) is 7.02. The zero-order valence-corrected chi connectivity index (χ0v) is 23.3. The molecule has 0 saturated heterocycles. The van der Waals surface area contributed by atoms with E-state index in [0.717, 1.165) is 6.26 Å². The summed E-state index contributed by atoms with van der Waals surface area (Å²) in [5.41, 5.74) is -0.472. The highest BCUT2D eigenvalue weighted by Crippen LogP contribution is 2.54. The van der Waals surface area contributed by atoms with Crippen LogP contribution >= 0.6 is 0 Å². The number of nitrogens with two attached hydrogens (primary N) is 1. The van der Waals surface area contributed by atoms with Crippen LogP contribution in [0.1, 0.15) is 23.1 Å². The van der Waals surface area contributed by atoms with Gasteiger partial charge in [-0.3, -0.25) is 24.0 Å². The molecular weight excluding hydrogens is 551 g/mol. The number of anilines is 1. The second-order valence-electron chi connectivity index (χ2n) is 10.9. The van der Waals surface area contributed by atoms with E-state index < -0.39 is 96.5 Å². The van der Waals surface area contributed by atoms with E-state index in [1.807, 2.05) is 0 Å². The van der Waals surface area contributed by atoms with Crippen molar-refractivity contribution in [1.29, 1.82) is 0 Å². The third kappa shape index (κ3) is 4.24. The third-order valence-corrected chi connectivity index (χ3v) is 8.26. The summed E-state index contributed by atoms with van der Waals surface area (Å²) in [6.07, 6.45) is 0.306. The molecule has 218 valence electrons. The average molecular weight is 583 g/mol. The normalized spacial score (nSPS) is 26.7. The van der Waals surface area contributed by atoms with Gasteiger partial charge in [-0.2, -0.15) is 0 Å². The molecule has 3 aliphatic carbocycles. The monoisotopic (exact) mass is 582 g/mol. The number of nitrogens with zero attached hydrogens (tertiary/aromatic N) is 2. The number of sulfonamides is 1. The van der Waals surface area contributed by atoms with E-state index >= 15 is 4.39 Å². The Morgan fingerprint density at radius 2 is 1.77 bits per heavy atom. The van der Waals surface area contributed by atoms with E-state index in [4.69, 9.17) is 5.73 Å². The first-order valence-corrected chi connectivity index (χ1v) is 14.1. The van der Waals surface area contributed by atoms with Gasteiger partial charge in [0.1, 0.15) is 22.9 Å². The fourth-order valence-corrected chi connectivity index (χ4v) is 6.74. The molecule has 1 fully saturated rings. The van der Waals surface area contributed by atoms with Crippen LogP contribution in [0.2, 0.25) is 0 Å². The number of phenolic OH excluding ortho intramolecular Hbond substituents is 1. The number of nitrogens with one attached hydrogen (secondary N) is 1. The molecule has 15 heteroatoms. The van der Waals surface area contributed by atoms with Crippen LogP contribution in [0, 0.1) is 17.7 Å². The summed E-state index contributed by atoms with van der Waals surface area (Å²) in [4.78, 5) is 42.0. The number of primary amides is 1. The first kappa shape index (κ1) is 29.5. The topological polar surface area (TPSA) is 211 Å². The smallest absolute Gasteiger partial charge is 0.255 e. The number of carbonyl (C=O) groups is 3. The van der Waals surface area contributed by atoms with E-state index in [9.17, 15) is 43.2 Å². The van der Waals surface area contributed by atoms with E-state index in [2.05, 4.69) is 4.72 Å². The molecule has 1 aromatic rings. The molecule has 0 aromatic heterocycles. The van der Waals surface area contributed by atoms with Crippen LogP contribution in [0.15, 0.2) is 16.9 Å². The molecule has 1 aromatic carbocycles. The van der Waals surface area contributed by atoms with Crippen molar-refractivity contribution in [2.75, 3.05) is 39.2 Å². The zero-order chi connectivity index (χ0) is 30.2. The van der Waals surface area contributed by atoms with Crippen molar-refractivity contribution in [1.82, 2.24) is 9.80 Å². The van der Waals surface area contributed by atoms with Crippen molar-refractivity contribution >= 4 is 38.9 Å². The van der Waals surface area contributed by atoms with Crippen molar-refractivity contribution < 1.29 is 47.6 Å². The number of ketones is 2. The lowest BCUT2D eigenvalue weighted by Gasteiger charge is -2.50. The van der Waals surface area contributed by atoms with Crippen LogP contribution in [-0.4, -0.2) is 102 Å². The fourth-order valence-electron chi connectivity index (χ4n) is 6.15. The molecule has 0 spiro atoms. The molecular formula is C25H31FN4O9S. The van der Waals surface area contributed by atoms with Gasteiger partial charge in [-0.1, -0.05) is 0 Å². The molecule has 40 heavy (non-hydrogen) atoms. The molecule has 0 aliphatic heterocycles. The quantitative estimate of drug-likeness (QED) is 0.187. The molecule has 13 nitrogen and oxygen atoms in total. The lowest BCUT2D eigenvalue weighted by atomic mass is 9.57. The molecule has 4 atom stereocenters. The Morgan fingerprint density at radius 3 is 2.27 bits per heavy atom. The van der Waals surface area contributed by atoms with Gasteiger partial charge >= 0.3 is 0 Å². The Balaban J connectivity index is 2.02. The number of rotatable bonds is 6. The van der Waals surface area contributed by atoms with Crippen molar-refractivity contribution in [3.63, 3.8) is 0 Å². The van der Waals surface area contributed by atoms with E-state index in [0.29, 0.717) is 0 Å². The number of hydrogen-bond acceptors (Lipinski definition) is 11. The average Bonchev–Trinajstić information content (AvgIpc) is 2.80. The van der Waals surface area contributed by atoms with Crippen LogP contribution < -0.4 is 10.5 Å². The fraction of sp³-hybridized carbons (Fsp3) is 0.480. The van der Waals surface area contributed by atoms with Crippen molar-refractivity contribution in [3.05, 3.63) is 39.4 Å². The molecule has 0 radical (unpaired) electrons. The van der Waals surface area contributed by atoms with Gasteiger partial charge in [0.25, 0.3) is 5.91 Å². The van der Waals surface area contributed by atoms with Crippen LogP contribution in [0.4, 0.5) is 10.1 Å². The van der Waals surface area contributed by atoms with Gasteiger partial charge in [0.05, 0.1) is 23.5 Å². The van der Waals surface area contributed by atoms with Gasteiger partial charge in [0, 0.05) is 29.2 Å². The minimum Gasteiger partial charge on any atom is -0.508 e. The summed E-state index contributed by atoms with van der Waals surface area (Å²) < 4.78 is 42.2. The lowest BCUT2D eigenvalue weighted by molar-refractivity contribution is -0.153. The predicted molar refractivity (Wildman–Crippen MR) is 140 cm³/mol. The molecule has 7 N–H and O–H groups in total. The van der Waals surface area contributed by atoms with Crippen molar-refractivity contribution in [2.24, 2.45) is 17.6 Å². The summed E-state index contributed by atoms with van der Waals surface area (Å²) >= 11 is 0. The first-order valence-electron chi connectivity index (χ1n) is 12.2. The minimum absolute atomic E-state index is 0.139. The summed E-state index contributed by atoms with van der Waals surface area (Å²) in [7, 11) is 2.09. The number of aromatic hydroxyl groups is 1. The summed E-state index contributed by atoms with van der Waals surface area (Å²) in [6, 6.07) is -1.28. The van der Waals surface area contributed by atoms with Crippen LogP contribution in [-0.2, 0) is 37.4 Å². The van der Waals surface area contributed by atoms with Gasteiger partial charge in [0.15, 0.2) is 17.1 Å². The largest absolute Gasteiger partial charge is 0.508 e. The molecule has 1 saturated carbocycles. The maximum absolute atomic E-state index is 16.0. The molecule has 0 unspecified atom stereocenters. The summed E-state index contributed by atoms with van der Waals surface area (Å²) in [6.45, 7) is -0.139. The molecule has 0 heterocycles. The SMILES string of the molecule is CN(C)Cc1c(F)c2c(c(O)c1NS(C)(=O)=O)C(O)=C1C(=O)[C@]3(O)C(O)=C(C(N)=O)C(=O)[C@@H](N(C)C)[C@@H]3C[C@@H]1C2. The maximum atomic E-state index is 16.0. The number of benzene rings is 1. The number of aliphatic hydroxyl groups excluding tert-OH is 2. The van der Waals surface area contributed by atoms with Gasteiger partial charge in [-0.25, -0.2) is 12.8 Å².